The Morgan fingerprint density at radius 1 is 1.14 bits per heavy atom. The first kappa shape index (κ1) is 14.3. The van der Waals surface area contributed by atoms with Gasteiger partial charge in [0.1, 0.15) is 5.82 Å². The summed E-state index contributed by atoms with van der Waals surface area (Å²) in [6.07, 6.45) is 0. The lowest BCUT2D eigenvalue weighted by Gasteiger charge is -2.12. The predicted octanol–water partition coefficient (Wildman–Crippen LogP) is 5.26. The molecule has 3 rings (SSSR count). The SMILES string of the molecule is CC(Cl)c1nc2cccc(Cl)c2n1-c1cccc(F)c1F. The topological polar surface area (TPSA) is 17.8 Å². The Labute approximate surface area is 129 Å². The van der Waals surface area contributed by atoms with Gasteiger partial charge in [0.15, 0.2) is 11.6 Å². The highest BCUT2D eigenvalue weighted by atomic mass is 35.5. The summed E-state index contributed by atoms with van der Waals surface area (Å²) < 4.78 is 29.2. The van der Waals surface area contributed by atoms with Crippen molar-refractivity contribution in [1.82, 2.24) is 9.55 Å². The van der Waals surface area contributed by atoms with Gasteiger partial charge < -0.3 is 0 Å². The maximum Gasteiger partial charge on any atom is 0.182 e. The van der Waals surface area contributed by atoms with E-state index in [0.717, 1.165) is 6.07 Å². The first-order chi connectivity index (χ1) is 10.0. The van der Waals surface area contributed by atoms with Crippen LogP contribution in [0.1, 0.15) is 18.1 Å². The molecule has 0 radical (unpaired) electrons. The molecule has 0 amide bonds. The molecule has 0 bridgehead atoms. The Kier molecular flexibility index (Phi) is 3.59. The number of aromatic nitrogens is 2. The third-order valence-electron chi connectivity index (χ3n) is 3.18. The third kappa shape index (κ3) is 2.28. The molecule has 0 fully saturated rings. The van der Waals surface area contributed by atoms with Crippen LogP contribution in [0.4, 0.5) is 8.78 Å². The van der Waals surface area contributed by atoms with Gasteiger partial charge >= 0.3 is 0 Å². The Balaban J connectivity index is 2.45. The number of nitrogens with zero attached hydrogens (tertiary/aromatic N) is 2. The maximum absolute atomic E-state index is 14.2. The summed E-state index contributed by atoms with van der Waals surface area (Å²) in [5.74, 6) is -1.49. The van der Waals surface area contributed by atoms with E-state index in [0.29, 0.717) is 21.9 Å². The smallest absolute Gasteiger partial charge is 0.182 e. The molecule has 0 aliphatic carbocycles. The largest absolute Gasteiger partial charge is 0.290 e. The first-order valence-electron chi connectivity index (χ1n) is 6.26. The summed E-state index contributed by atoms with van der Waals surface area (Å²) in [7, 11) is 0. The van der Waals surface area contributed by atoms with Gasteiger partial charge in [-0.25, -0.2) is 13.8 Å². The van der Waals surface area contributed by atoms with E-state index in [1.807, 2.05) is 0 Å². The van der Waals surface area contributed by atoms with E-state index in [1.165, 1.54) is 16.7 Å². The molecule has 0 aliphatic heterocycles. The van der Waals surface area contributed by atoms with Crippen molar-refractivity contribution in [3.8, 4) is 5.69 Å². The van der Waals surface area contributed by atoms with Crippen LogP contribution in [0.25, 0.3) is 16.7 Å². The zero-order chi connectivity index (χ0) is 15.1. The van der Waals surface area contributed by atoms with E-state index < -0.39 is 17.0 Å². The Morgan fingerprint density at radius 2 is 1.86 bits per heavy atom. The molecule has 0 saturated heterocycles. The molecule has 21 heavy (non-hydrogen) atoms. The van der Waals surface area contributed by atoms with Gasteiger partial charge in [0.2, 0.25) is 0 Å². The van der Waals surface area contributed by atoms with Crippen LogP contribution < -0.4 is 0 Å². The van der Waals surface area contributed by atoms with Gasteiger partial charge in [0, 0.05) is 0 Å². The summed E-state index contributed by atoms with van der Waals surface area (Å²) >= 11 is 12.3. The van der Waals surface area contributed by atoms with Gasteiger partial charge in [0.25, 0.3) is 0 Å². The van der Waals surface area contributed by atoms with E-state index in [1.54, 1.807) is 25.1 Å². The van der Waals surface area contributed by atoms with Crippen molar-refractivity contribution in [2.45, 2.75) is 12.3 Å². The van der Waals surface area contributed by atoms with Gasteiger partial charge in [-0.15, -0.1) is 11.6 Å². The van der Waals surface area contributed by atoms with Gasteiger partial charge in [-0.3, -0.25) is 4.57 Å². The fraction of sp³-hybridized carbons (Fsp3) is 0.133. The molecule has 0 saturated carbocycles. The molecular formula is C15H10Cl2F2N2. The number of hydrogen-bond donors (Lipinski definition) is 0. The predicted molar refractivity (Wildman–Crippen MR) is 80.3 cm³/mol. The molecule has 1 aromatic heterocycles. The quantitative estimate of drug-likeness (QED) is 0.587. The average molecular weight is 327 g/mol. The molecular weight excluding hydrogens is 317 g/mol. The van der Waals surface area contributed by atoms with Crippen molar-refractivity contribution in [3.05, 3.63) is 58.9 Å². The Bertz CT molecular complexity index is 828. The molecule has 1 atom stereocenters. The summed E-state index contributed by atoms with van der Waals surface area (Å²) in [4.78, 5) is 4.38. The summed E-state index contributed by atoms with van der Waals surface area (Å²) in [5, 5.41) is -0.0941. The molecule has 2 nitrogen and oxygen atoms in total. The van der Waals surface area contributed by atoms with Crippen molar-refractivity contribution in [2.75, 3.05) is 0 Å². The highest BCUT2D eigenvalue weighted by Crippen LogP contribution is 2.33. The van der Waals surface area contributed by atoms with Gasteiger partial charge in [0.05, 0.1) is 27.1 Å². The van der Waals surface area contributed by atoms with Crippen LogP contribution in [0.3, 0.4) is 0 Å². The number of hydrogen-bond acceptors (Lipinski definition) is 1. The standard InChI is InChI=1S/C15H10Cl2F2N2/c1-8(16)15-20-11-6-2-4-9(17)14(11)21(15)12-7-3-5-10(18)13(12)19/h2-8H,1H3. The second-order valence-electron chi connectivity index (χ2n) is 4.60. The minimum absolute atomic E-state index is 0.0353. The van der Waals surface area contributed by atoms with Crippen LogP contribution >= 0.6 is 23.2 Å². The number of imidazole rings is 1. The van der Waals surface area contributed by atoms with E-state index in [9.17, 15) is 8.78 Å². The number of rotatable bonds is 2. The second-order valence-corrected chi connectivity index (χ2v) is 5.66. The van der Waals surface area contributed by atoms with Crippen LogP contribution in [0.15, 0.2) is 36.4 Å². The van der Waals surface area contributed by atoms with Gasteiger partial charge in [-0.05, 0) is 31.2 Å². The van der Waals surface area contributed by atoms with Crippen molar-refractivity contribution in [1.29, 1.82) is 0 Å². The Hall–Kier alpha value is -1.65. The minimum Gasteiger partial charge on any atom is -0.290 e. The summed E-state index contributed by atoms with van der Waals surface area (Å²) in [5.41, 5.74) is 1.12. The zero-order valence-corrected chi connectivity index (χ0v) is 12.5. The van der Waals surface area contributed by atoms with Crippen LogP contribution in [-0.2, 0) is 0 Å². The highest BCUT2D eigenvalue weighted by molar-refractivity contribution is 6.35. The number of para-hydroxylation sites is 1. The molecule has 3 aromatic rings. The van der Waals surface area contributed by atoms with Crippen LogP contribution in [-0.4, -0.2) is 9.55 Å². The maximum atomic E-state index is 14.2. The fourth-order valence-corrected chi connectivity index (χ4v) is 2.68. The fourth-order valence-electron chi connectivity index (χ4n) is 2.28. The molecule has 0 N–H and O–H groups in total. The lowest BCUT2D eigenvalue weighted by molar-refractivity contribution is 0.504. The van der Waals surface area contributed by atoms with E-state index >= 15 is 0 Å². The van der Waals surface area contributed by atoms with Crippen LogP contribution in [0, 0.1) is 11.6 Å². The van der Waals surface area contributed by atoms with Crippen LogP contribution in [0.2, 0.25) is 5.02 Å². The van der Waals surface area contributed by atoms with Crippen molar-refractivity contribution in [2.24, 2.45) is 0 Å². The molecule has 2 aromatic carbocycles. The number of benzene rings is 2. The average Bonchev–Trinajstić information content (AvgIpc) is 2.83. The summed E-state index contributed by atoms with van der Waals surface area (Å²) in [6.45, 7) is 1.71. The van der Waals surface area contributed by atoms with Crippen molar-refractivity contribution in [3.63, 3.8) is 0 Å². The monoisotopic (exact) mass is 326 g/mol. The Morgan fingerprint density at radius 3 is 2.57 bits per heavy atom. The number of fused-ring (bicyclic) bond motifs is 1. The summed E-state index contributed by atoms with van der Waals surface area (Å²) in [6, 6.07) is 9.11. The number of alkyl halides is 1. The van der Waals surface area contributed by atoms with Gasteiger partial charge in [-0.2, -0.15) is 0 Å². The molecule has 0 spiro atoms. The van der Waals surface area contributed by atoms with Gasteiger partial charge in [-0.1, -0.05) is 23.7 Å². The zero-order valence-electron chi connectivity index (χ0n) is 10.9. The third-order valence-corrected chi connectivity index (χ3v) is 3.68. The lowest BCUT2D eigenvalue weighted by Crippen LogP contribution is -2.05. The molecule has 6 heteroatoms. The van der Waals surface area contributed by atoms with Crippen LogP contribution in [0.5, 0.6) is 0 Å². The lowest BCUT2D eigenvalue weighted by atomic mass is 10.2. The second kappa shape index (κ2) is 5.28. The number of halogens is 4. The van der Waals surface area contributed by atoms with Crippen molar-refractivity contribution >= 4 is 34.2 Å². The van der Waals surface area contributed by atoms with E-state index in [-0.39, 0.29) is 5.69 Å². The molecule has 1 unspecified atom stereocenters. The van der Waals surface area contributed by atoms with Crippen molar-refractivity contribution < 1.29 is 8.78 Å². The molecule has 1 heterocycles. The first-order valence-corrected chi connectivity index (χ1v) is 7.07. The molecule has 0 aliphatic rings. The highest BCUT2D eigenvalue weighted by Gasteiger charge is 2.21. The van der Waals surface area contributed by atoms with E-state index in [4.69, 9.17) is 23.2 Å². The van der Waals surface area contributed by atoms with E-state index in [2.05, 4.69) is 4.98 Å². The molecule has 108 valence electrons. The minimum atomic E-state index is -0.963. The normalized spacial score (nSPS) is 12.8.